The average Bonchev–Trinajstić information content (AvgIpc) is 2.17. The summed E-state index contributed by atoms with van der Waals surface area (Å²) in [6, 6.07) is 6.13. The van der Waals surface area contributed by atoms with E-state index in [1.807, 2.05) is 12.1 Å². The summed E-state index contributed by atoms with van der Waals surface area (Å²) >= 11 is 0. The molecule has 0 spiro atoms. The molecule has 15 heavy (non-hydrogen) atoms. The standard InChI is InChI=1S/C13H16O2/c1-13(2)9-15-8-11-5-3-4-10(6-7-14)12(11)13/h3-5,7H,6,8-9H2,1-2H3. The van der Waals surface area contributed by atoms with Crippen LogP contribution in [-0.2, 0) is 28.0 Å². The number of carbonyl (C=O) groups is 1. The van der Waals surface area contributed by atoms with E-state index < -0.39 is 0 Å². The number of hydrogen-bond donors (Lipinski definition) is 0. The molecule has 0 saturated carbocycles. The maximum Gasteiger partial charge on any atom is 0.124 e. The minimum atomic E-state index is 0.0210. The molecule has 0 radical (unpaired) electrons. The molecule has 0 amide bonds. The zero-order valence-corrected chi connectivity index (χ0v) is 9.25. The first-order valence-electron chi connectivity index (χ1n) is 5.28. The lowest BCUT2D eigenvalue weighted by molar-refractivity contribution is -0.107. The van der Waals surface area contributed by atoms with Gasteiger partial charge in [0.2, 0.25) is 0 Å². The van der Waals surface area contributed by atoms with Crippen molar-refractivity contribution in [1.29, 1.82) is 0 Å². The zero-order chi connectivity index (χ0) is 10.9. The fourth-order valence-corrected chi connectivity index (χ4v) is 2.39. The average molecular weight is 204 g/mol. The van der Waals surface area contributed by atoms with Gasteiger partial charge in [0.15, 0.2) is 0 Å². The van der Waals surface area contributed by atoms with Crippen LogP contribution in [0.4, 0.5) is 0 Å². The summed E-state index contributed by atoms with van der Waals surface area (Å²) in [4.78, 5) is 10.6. The van der Waals surface area contributed by atoms with Crippen LogP contribution in [0.25, 0.3) is 0 Å². The Hall–Kier alpha value is -1.15. The van der Waals surface area contributed by atoms with E-state index in [0.29, 0.717) is 13.0 Å². The number of rotatable bonds is 2. The monoisotopic (exact) mass is 204 g/mol. The third kappa shape index (κ3) is 1.82. The lowest BCUT2D eigenvalue weighted by atomic mass is 9.77. The summed E-state index contributed by atoms with van der Waals surface area (Å²) in [6.45, 7) is 5.74. The SMILES string of the molecule is CC1(C)COCc2cccc(CC=O)c21. The van der Waals surface area contributed by atoms with Crippen LogP contribution in [0, 0.1) is 0 Å². The lowest BCUT2D eigenvalue weighted by Gasteiger charge is -2.34. The first-order valence-corrected chi connectivity index (χ1v) is 5.28. The molecule has 2 heteroatoms. The normalized spacial score (nSPS) is 18.3. The number of ether oxygens (including phenoxy) is 1. The molecule has 0 aromatic heterocycles. The Kier molecular flexibility index (Phi) is 2.61. The molecule has 1 aromatic rings. The van der Waals surface area contributed by atoms with Gasteiger partial charge in [-0.2, -0.15) is 0 Å². The summed E-state index contributed by atoms with van der Waals surface area (Å²) in [5.74, 6) is 0. The first kappa shape index (κ1) is 10.4. The van der Waals surface area contributed by atoms with Crippen LogP contribution >= 0.6 is 0 Å². The largest absolute Gasteiger partial charge is 0.376 e. The summed E-state index contributed by atoms with van der Waals surface area (Å²) in [5.41, 5.74) is 3.71. The van der Waals surface area contributed by atoms with Crippen LogP contribution in [0.3, 0.4) is 0 Å². The van der Waals surface area contributed by atoms with Gasteiger partial charge in [-0.1, -0.05) is 32.0 Å². The van der Waals surface area contributed by atoms with Crippen molar-refractivity contribution in [2.45, 2.75) is 32.3 Å². The minimum absolute atomic E-state index is 0.0210. The van der Waals surface area contributed by atoms with Gasteiger partial charge in [0.25, 0.3) is 0 Å². The van der Waals surface area contributed by atoms with Crippen LogP contribution in [0.1, 0.15) is 30.5 Å². The Morgan fingerprint density at radius 3 is 3.00 bits per heavy atom. The molecule has 0 fully saturated rings. The maximum atomic E-state index is 10.6. The van der Waals surface area contributed by atoms with E-state index in [-0.39, 0.29) is 5.41 Å². The van der Waals surface area contributed by atoms with Gasteiger partial charge in [0, 0.05) is 11.8 Å². The van der Waals surface area contributed by atoms with Crippen molar-refractivity contribution < 1.29 is 9.53 Å². The molecular weight excluding hydrogens is 188 g/mol. The maximum absolute atomic E-state index is 10.6. The molecule has 0 bridgehead atoms. The van der Waals surface area contributed by atoms with Crippen molar-refractivity contribution in [3.63, 3.8) is 0 Å². The predicted molar refractivity (Wildman–Crippen MR) is 58.9 cm³/mol. The molecule has 1 aliphatic heterocycles. The van der Waals surface area contributed by atoms with E-state index in [1.54, 1.807) is 0 Å². The van der Waals surface area contributed by atoms with Crippen molar-refractivity contribution in [2.24, 2.45) is 0 Å². The van der Waals surface area contributed by atoms with E-state index in [9.17, 15) is 4.79 Å². The second-order valence-corrected chi connectivity index (χ2v) is 4.70. The van der Waals surface area contributed by atoms with Gasteiger partial charge in [0.05, 0.1) is 13.2 Å². The number of benzene rings is 1. The molecule has 0 saturated heterocycles. The van der Waals surface area contributed by atoms with Crippen molar-refractivity contribution >= 4 is 6.29 Å². The Balaban J connectivity index is 2.55. The molecule has 1 aliphatic rings. The molecular formula is C13H16O2. The van der Waals surface area contributed by atoms with E-state index >= 15 is 0 Å². The van der Waals surface area contributed by atoms with E-state index in [2.05, 4.69) is 19.9 Å². The fraction of sp³-hybridized carbons (Fsp3) is 0.462. The van der Waals surface area contributed by atoms with Crippen molar-refractivity contribution in [3.8, 4) is 0 Å². The first-order chi connectivity index (χ1) is 7.15. The number of carbonyl (C=O) groups excluding carboxylic acids is 1. The fourth-order valence-electron chi connectivity index (χ4n) is 2.39. The van der Waals surface area contributed by atoms with Crippen molar-refractivity contribution in [2.75, 3.05) is 6.61 Å². The molecule has 0 N–H and O–H groups in total. The molecule has 1 aromatic carbocycles. The van der Waals surface area contributed by atoms with E-state index in [0.717, 1.165) is 18.5 Å². The Labute approximate surface area is 90.3 Å². The summed E-state index contributed by atoms with van der Waals surface area (Å²) < 4.78 is 5.56. The Morgan fingerprint density at radius 2 is 2.27 bits per heavy atom. The lowest BCUT2D eigenvalue weighted by Crippen LogP contribution is -2.31. The van der Waals surface area contributed by atoms with Gasteiger partial charge >= 0.3 is 0 Å². The molecule has 0 unspecified atom stereocenters. The molecule has 2 nitrogen and oxygen atoms in total. The molecule has 0 aliphatic carbocycles. The van der Waals surface area contributed by atoms with Crippen molar-refractivity contribution in [1.82, 2.24) is 0 Å². The van der Waals surface area contributed by atoms with Gasteiger partial charge in [-0.05, 0) is 16.7 Å². The smallest absolute Gasteiger partial charge is 0.124 e. The highest BCUT2D eigenvalue weighted by atomic mass is 16.5. The van der Waals surface area contributed by atoms with E-state index in [4.69, 9.17) is 4.74 Å². The van der Waals surface area contributed by atoms with Crippen LogP contribution in [0.5, 0.6) is 0 Å². The molecule has 1 heterocycles. The Bertz CT molecular complexity index is 380. The van der Waals surface area contributed by atoms with E-state index in [1.165, 1.54) is 11.1 Å². The predicted octanol–water partition coefficient (Wildman–Crippen LogP) is 2.24. The highest BCUT2D eigenvalue weighted by molar-refractivity contribution is 5.58. The Morgan fingerprint density at radius 1 is 1.47 bits per heavy atom. The second kappa shape index (κ2) is 3.78. The second-order valence-electron chi connectivity index (χ2n) is 4.70. The van der Waals surface area contributed by atoms with Gasteiger partial charge in [-0.15, -0.1) is 0 Å². The van der Waals surface area contributed by atoms with Gasteiger partial charge in [-0.3, -0.25) is 0 Å². The molecule has 80 valence electrons. The van der Waals surface area contributed by atoms with Gasteiger partial charge in [-0.25, -0.2) is 0 Å². The number of hydrogen-bond acceptors (Lipinski definition) is 2. The third-order valence-electron chi connectivity index (χ3n) is 2.94. The number of aldehydes is 1. The van der Waals surface area contributed by atoms with Crippen LogP contribution in [0.2, 0.25) is 0 Å². The van der Waals surface area contributed by atoms with Crippen molar-refractivity contribution in [3.05, 3.63) is 34.9 Å². The van der Waals surface area contributed by atoms with Crippen LogP contribution in [-0.4, -0.2) is 12.9 Å². The zero-order valence-electron chi connectivity index (χ0n) is 9.25. The molecule has 2 rings (SSSR count). The summed E-state index contributed by atoms with van der Waals surface area (Å²) in [5, 5.41) is 0. The van der Waals surface area contributed by atoms with Gasteiger partial charge < -0.3 is 9.53 Å². The third-order valence-corrected chi connectivity index (χ3v) is 2.94. The highest BCUT2D eigenvalue weighted by Crippen LogP contribution is 2.34. The summed E-state index contributed by atoms with van der Waals surface area (Å²) in [7, 11) is 0. The minimum Gasteiger partial charge on any atom is -0.376 e. The number of fused-ring (bicyclic) bond motifs is 1. The van der Waals surface area contributed by atoms with Crippen LogP contribution < -0.4 is 0 Å². The quantitative estimate of drug-likeness (QED) is 0.690. The summed E-state index contributed by atoms with van der Waals surface area (Å²) in [6.07, 6.45) is 1.48. The van der Waals surface area contributed by atoms with Crippen LogP contribution in [0.15, 0.2) is 18.2 Å². The highest BCUT2D eigenvalue weighted by Gasteiger charge is 2.30. The topological polar surface area (TPSA) is 26.3 Å². The van der Waals surface area contributed by atoms with Gasteiger partial charge in [0.1, 0.15) is 6.29 Å². The molecule has 0 atom stereocenters.